The third kappa shape index (κ3) is 20.4. The molecule has 0 heteroatoms. The molecule has 0 N–H and O–H groups in total. The van der Waals surface area contributed by atoms with Gasteiger partial charge in [0.05, 0.1) is 0 Å². The van der Waals surface area contributed by atoms with Crippen molar-refractivity contribution in [3.8, 4) is 0 Å². The molecule has 44 heavy (non-hydrogen) atoms. The van der Waals surface area contributed by atoms with E-state index in [9.17, 15) is 0 Å². The van der Waals surface area contributed by atoms with Gasteiger partial charge in [0.15, 0.2) is 0 Å². The summed E-state index contributed by atoms with van der Waals surface area (Å²) in [6.45, 7) is 11.8. The second-order valence-corrected chi connectivity index (χ2v) is 14.5. The molecule has 0 heterocycles. The van der Waals surface area contributed by atoms with E-state index in [0.29, 0.717) is 0 Å². The topological polar surface area (TPSA) is 0 Å². The van der Waals surface area contributed by atoms with Crippen LogP contribution >= 0.6 is 0 Å². The Hall–Kier alpha value is -0.780. The van der Waals surface area contributed by atoms with E-state index in [4.69, 9.17) is 0 Å². The number of hydrogen-bond donors (Lipinski definition) is 0. The average molecular weight is 611 g/mol. The molecule has 1 rings (SSSR count). The summed E-state index contributed by atoms with van der Waals surface area (Å²) in [5.74, 6) is 0. The van der Waals surface area contributed by atoms with Crippen molar-refractivity contribution in [2.75, 3.05) is 0 Å². The zero-order chi connectivity index (χ0) is 31.9. The summed E-state index contributed by atoms with van der Waals surface area (Å²) in [6.07, 6.45) is 46.3. The third-order valence-corrected chi connectivity index (χ3v) is 10.3. The summed E-state index contributed by atoms with van der Waals surface area (Å²) in [5, 5.41) is 0. The van der Waals surface area contributed by atoms with Crippen molar-refractivity contribution in [2.24, 2.45) is 0 Å². The molecule has 0 spiro atoms. The van der Waals surface area contributed by atoms with E-state index in [2.05, 4.69) is 40.7 Å². The molecule has 1 aromatic carbocycles. The van der Waals surface area contributed by atoms with E-state index >= 15 is 0 Å². The number of benzene rings is 1. The summed E-state index contributed by atoms with van der Waals surface area (Å²) >= 11 is 0. The first-order valence-electron chi connectivity index (χ1n) is 20.9. The maximum atomic E-state index is 2.75. The Morgan fingerprint density at radius 2 is 0.500 bits per heavy atom. The lowest BCUT2D eigenvalue weighted by molar-refractivity contribution is 0.543. The van der Waals surface area contributed by atoms with Crippen molar-refractivity contribution in [1.29, 1.82) is 0 Å². The minimum atomic E-state index is 1.30. The van der Waals surface area contributed by atoms with Crippen LogP contribution in [0.5, 0.6) is 0 Å². The highest BCUT2D eigenvalue weighted by molar-refractivity contribution is 5.47. The molecule has 0 amide bonds. The Morgan fingerprint density at radius 1 is 0.250 bits per heavy atom. The average Bonchev–Trinajstić information content (AvgIpc) is 3.04. The summed E-state index contributed by atoms with van der Waals surface area (Å²) < 4.78 is 0. The fraction of sp³-hybridized carbons (Fsp3) is 0.864. The van der Waals surface area contributed by atoms with Crippen LogP contribution in [0.3, 0.4) is 0 Å². The zero-order valence-corrected chi connectivity index (χ0v) is 31.4. The molecule has 0 saturated carbocycles. The Labute approximate surface area is 279 Å². The predicted molar refractivity (Wildman–Crippen MR) is 203 cm³/mol. The molecule has 0 radical (unpaired) electrons. The first-order chi connectivity index (χ1) is 21.7. The molecule has 0 aliphatic rings. The van der Waals surface area contributed by atoms with Crippen LogP contribution in [0.2, 0.25) is 0 Å². The molecule has 0 atom stereocenters. The Morgan fingerprint density at radius 3 is 0.886 bits per heavy atom. The molecule has 0 aromatic heterocycles. The van der Waals surface area contributed by atoms with Gasteiger partial charge in [-0.3, -0.25) is 0 Å². The van der Waals surface area contributed by atoms with E-state index in [1.54, 1.807) is 16.7 Å². The molecular formula is C44H82. The Kier molecular flexibility index (Phi) is 28.9. The van der Waals surface area contributed by atoms with Gasteiger partial charge < -0.3 is 0 Å². The second kappa shape index (κ2) is 30.9. The third-order valence-electron chi connectivity index (χ3n) is 10.3. The van der Waals surface area contributed by atoms with Gasteiger partial charge in [0.1, 0.15) is 0 Å². The van der Waals surface area contributed by atoms with Gasteiger partial charge in [-0.1, -0.05) is 188 Å². The number of unbranched alkanes of at least 4 members (excludes halogenated alkanes) is 23. The van der Waals surface area contributed by atoms with Gasteiger partial charge in [-0.25, -0.2) is 0 Å². The van der Waals surface area contributed by atoms with Gasteiger partial charge in [0.2, 0.25) is 0 Å². The first-order valence-corrected chi connectivity index (χ1v) is 20.9. The van der Waals surface area contributed by atoms with Crippen molar-refractivity contribution in [2.45, 2.75) is 247 Å². The predicted octanol–water partition coefficient (Wildman–Crippen LogP) is 15.4. The van der Waals surface area contributed by atoms with E-state index in [1.165, 1.54) is 212 Å². The van der Waals surface area contributed by atoms with Gasteiger partial charge in [-0.05, 0) is 92.0 Å². The minimum Gasteiger partial charge on any atom is -0.0654 e. The highest BCUT2D eigenvalue weighted by atomic mass is 14.2. The van der Waals surface area contributed by atoms with Crippen LogP contribution in [0.4, 0.5) is 0 Å². The minimum absolute atomic E-state index is 1.30. The van der Waals surface area contributed by atoms with E-state index in [-0.39, 0.29) is 0 Å². The molecule has 258 valence electrons. The van der Waals surface area contributed by atoms with Crippen molar-refractivity contribution in [3.63, 3.8) is 0 Å². The fourth-order valence-corrected chi connectivity index (χ4v) is 7.35. The summed E-state index contributed by atoms with van der Waals surface area (Å²) in [7, 11) is 0. The maximum Gasteiger partial charge on any atom is -0.0273 e. The largest absolute Gasteiger partial charge is 0.0654 e. The summed E-state index contributed by atoms with van der Waals surface area (Å²) in [5.41, 5.74) is 8.97. The van der Waals surface area contributed by atoms with Crippen LogP contribution in [0.25, 0.3) is 0 Å². The molecule has 0 saturated heterocycles. The van der Waals surface area contributed by atoms with Crippen LogP contribution in [0.1, 0.15) is 242 Å². The van der Waals surface area contributed by atoms with E-state index in [1.807, 2.05) is 11.1 Å². The molecule has 1 aromatic rings. The maximum absolute atomic E-state index is 2.75. The summed E-state index contributed by atoms with van der Waals surface area (Å²) in [6, 6.07) is 2.75. The monoisotopic (exact) mass is 611 g/mol. The van der Waals surface area contributed by atoms with E-state index in [0.717, 1.165) is 0 Å². The highest BCUT2D eigenvalue weighted by Gasteiger charge is 2.17. The Balaban J connectivity index is 2.81. The van der Waals surface area contributed by atoms with Crippen LogP contribution in [0.15, 0.2) is 6.07 Å². The van der Waals surface area contributed by atoms with Gasteiger partial charge in [-0.2, -0.15) is 0 Å². The second-order valence-electron chi connectivity index (χ2n) is 14.5. The lowest BCUT2D eigenvalue weighted by Crippen LogP contribution is -2.10. The van der Waals surface area contributed by atoms with Crippen molar-refractivity contribution in [1.82, 2.24) is 0 Å². The van der Waals surface area contributed by atoms with Crippen LogP contribution in [-0.4, -0.2) is 0 Å². The molecule has 0 nitrogen and oxygen atoms in total. The van der Waals surface area contributed by atoms with Crippen molar-refractivity contribution >= 4 is 0 Å². The lowest BCUT2D eigenvalue weighted by Gasteiger charge is -2.23. The van der Waals surface area contributed by atoms with Gasteiger partial charge in [-0.15, -0.1) is 0 Å². The van der Waals surface area contributed by atoms with Crippen LogP contribution < -0.4 is 0 Å². The Bertz CT molecular complexity index is 743. The highest BCUT2D eigenvalue weighted by Crippen LogP contribution is 2.31. The first kappa shape index (κ1) is 41.2. The number of rotatable bonds is 33. The molecule has 0 fully saturated rings. The fourth-order valence-electron chi connectivity index (χ4n) is 7.35. The smallest absolute Gasteiger partial charge is 0.0273 e. The number of aryl methyl sites for hydroxylation is 2. The van der Waals surface area contributed by atoms with Gasteiger partial charge in [0, 0.05) is 0 Å². The quantitative estimate of drug-likeness (QED) is 0.0694. The van der Waals surface area contributed by atoms with Gasteiger partial charge in [0.25, 0.3) is 0 Å². The van der Waals surface area contributed by atoms with Crippen molar-refractivity contribution < 1.29 is 0 Å². The van der Waals surface area contributed by atoms with Crippen LogP contribution in [-0.2, 0) is 32.1 Å². The van der Waals surface area contributed by atoms with E-state index < -0.39 is 0 Å². The lowest BCUT2D eigenvalue weighted by atomic mass is 9.82. The number of hydrogen-bond acceptors (Lipinski definition) is 0. The molecular weight excluding hydrogens is 528 g/mol. The normalized spacial score (nSPS) is 11.6. The van der Waals surface area contributed by atoms with Crippen molar-refractivity contribution in [3.05, 3.63) is 33.9 Å². The molecule has 0 unspecified atom stereocenters. The molecule has 0 aliphatic heterocycles. The molecule has 0 bridgehead atoms. The summed E-state index contributed by atoms with van der Waals surface area (Å²) in [4.78, 5) is 0. The van der Waals surface area contributed by atoms with Gasteiger partial charge >= 0.3 is 0 Å². The SMILES string of the molecule is CCCCCCCCCCCCCCc1c(CCCCCCCCCCCC)cc(CCCC)c(CCCC)c1CCCC. The zero-order valence-electron chi connectivity index (χ0n) is 31.4. The van der Waals surface area contributed by atoms with Crippen LogP contribution in [0, 0.1) is 0 Å². The molecule has 0 aliphatic carbocycles. The standard InChI is InChI=1S/C44H82/c1-6-11-16-18-20-22-24-25-27-29-31-33-38-43-41(35-32-30-28-26-23-21-19-17-12-7-2)39-40(34-13-8-3)42(36-14-9-4)44(43)37-15-10-5/h39H,6-38H2,1-5H3.